The zero-order valence-electron chi connectivity index (χ0n) is 8.90. The maximum atomic E-state index is 4.55. The standard InChI is InChI=1S/C13H17N/c1-10-8-9-14-11(2)13(10)12-6-4-3-5-7-12/h3-7,10,13H,8-9H2,1-2H3/t10-,13-/m1/s1. The summed E-state index contributed by atoms with van der Waals surface area (Å²) in [6.07, 6.45) is 1.22. The zero-order valence-corrected chi connectivity index (χ0v) is 8.90. The van der Waals surface area contributed by atoms with Crippen molar-refractivity contribution in [1.29, 1.82) is 0 Å². The highest BCUT2D eigenvalue weighted by atomic mass is 14.8. The van der Waals surface area contributed by atoms with Crippen LogP contribution in [0.5, 0.6) is 0 Å². The van der Waals surface area contributed by atoms with Crippen LogP contribution in [0.4, 0.5) is 0 Å². The Hall–Kier alpha value is -1.11. The molecule has 1 nitrogen and oxygen atoms in total. The van der Waals surface area contributed by atoms with Crippen molar-refractivity contribution in [2.24, 2.45) is 10.9 Å². The Morgan fingerprint density at radius 1 is 1.21 bits per heavy atom. The molecule has 0 saturated heterocycles. The molecule has 0 spiro atoms. The van der Waals surface area contributed by atoms with Crippen molar-refractivity contribution in [2.45, 2.75) is 26.2 Å². The molecule has 0 unspecified atom stereocenters. The van der Waals surface area contributed by atoms with Crippen LogP contribution >= 0.6 is 0 Å². The van der Waals surface area contributed by atoms with Crippen molar-refractivity contribution >= 4 is 5.71 Å². The lowest BCUT2D eigenvalue weighted by Gasteiger charge is -2.28. The normalized spacial score (nSPS) is 27.1. The van der Waals surface area contributed by atoms with Crippen LogP contribution in [0.25, 0.3) is 0 Å². The van der Waals surface area contributed by atoms with Gasteiger partial charge in [0.25, 0.3) is 0 Å². The van der Waals surface area contributed by atoms with E-state index in [1.165, 1.54) is 17.7 Å². The van der Waals surface area contributed by atoms with E-state index in [0.717, 1.165) is 12.5 Å². The monoisotopic (exact) mass is 187 g/mol. The number of nitrogens with zero attached hydrogens (tertiary/aromatic N) is 1. The van der Waals surface area contributed by atoms with Crippen molar-refractivity contribution in [1.82, 2.24) is 0 Å². The van der Waals surface area contributed by atoms with Crippen LogP contribution in [0.15, 0.2) is 35.3 Å². The molecule has 0 amide bonds. The van der Waals surface area contributed by atoms with Crippen molar-refractivity contribution in [3.63, 3.8) is 0 Å². The highest BCUT2D eigenvalue weighted by Crippen LogP contribution is 2.31. The molecule has 0 bridgehead atoms. The van der Waals surface area contributed by atoms with Gasteiger partial charge in [0, 0.05) is 18.2 Å². The van der Waals surface area contributed by atoms with E-state index in [2.05, 4.69) is 49.2 Å². The highest BCUT2D eigenvalue weighted by Gasteiger charge is 2.24. The first-order chi connectivity index (χ1) is 6.79. The van der Waals surface area contributed by atoms with E-state index in [4.69, 9.17) is 0 Å². The highest BCUT2D eigenvalue weighted by molar-refractivity contribution is 5.89. The third kappa shape index (κ3) is 1.72. The van der Waals surface area contributed by atoms with E-state index < -0.39 is 0 Å². The fourth-order valence-corrected chi connectivity index (χ4v) is 2.35. The molecule has 1 heterocycles. The minimum absolute atomic E-state index is 0.546. The smallest absolute Gasteiger partial charge is 0.0391 e. The average Bonchev–Trinajstić information content (AvgIpc) is 2.19. The molecule has 1 aromatic carbocycles. The molecule has 1 aliphatic rings. The largest absolute Gasteiger partial charge is 0.294 e. The van der Waals surface area contributed by atoms with Gasteiger partial charge in [0.1, 0.15) is 0 Å². The van der Waals surface area contributed by atoms with Crippen LogP contribution in [-0.2, 0) is 0 Å². The third-order valence-corrected chi connectivity index (χ3v) is 3.12. The number of hydrogen-bond donors (Lipinski definition) is 0. The molecule has 1 aromatic rings. The summed E-state index contributed by atoms with van der Waals surface area (Å²) in [5, 5.41) is 0. The number of hydrogen-bond acceptors (Lipinski definition) is 1. The number of aliphatic imine (C=N–C) groups is 1. The first-order valence-corrected chi connectivity index (χ1v) is 5.35. The predicted octanol–water partition coefficient (Wildman–Crippen LogP) is 3.27. The first-order valence-electron chi connectivity index (χ1n) is 5.35. The predicted molar refractivity (Wildman–Crippen MR) is 60.9 cm³/mol. The summed E-state index contributed by atoms with van der Waals surface area (Å²) in [5.41, 5.74) is 2.72. The van der Waals surface area contributed by atoms with Gasteiger partial charge >= 0.3 is 0 Å². The van der Waals surface area contributed by atoms with E-state index >= 15 is 0 Å². The summed E-state index contributed by atoms with van der Waals surface area (Å²) < 4.78 is 0. The summed E-state index contributed by atoms with van der Waals surface area (Å²) >= 11 is 0. The molecule has 0 fully saturated rings. The number of benzene rings is 1. The maximum Gasteiger partial charge on any atom is 0.0391 e. The van der Waals surface area contributed by atoms with E-state index in [0.29, 0.717) is 5.92 Å². The van der Waals surface area contributed by atoms with E-state index in [-0.39, 0.29) is 0 Å². The van der Waals surface area contributed by atoms with E-state index in [9.17, 15) is 0 Å². The third-order valence-electron chi connectivity index (χ3n) is 3.12. The van der Waals surface area contributed by atoms with Crippen LogP contribution in [-0.4, -0.2) is 12.3 Å². The van der Waals surface area contributed by atoms with Gasteiger partial charge in [-0.05, 0) is 24.8 Å². The Kier molecular flexibility index (Phi) is 2.67. The lowest BCUT2D eigenvalue weighted by Crippen LogP contribution is -2.23. The topological polar surface area (TPSA) is 12.4 Å². The van der Waals surface area contributed by atoms with Crippen LogP contribution in [0.2, 0.25) is 0 Å². The lowest BCUT2D eigenvalue weighted by molar-refractivity contribution is 0.486. The second kappa shape index (κ2) is 3.95. The Bertz CT molecular complexity index is 326. The van der Waals surface area contributed by atoms with E-state index in [1.807, 2.05) is 0 Å². The SMILES string of the molecule is CC1=NCC[C@@H](C)[C@H]1c1ccccc1. The molecule has 74 valence electrons. The molecule has 1 heteroatoms. The summed E-state index contributed by atoms with van der Waals surface area (Å²) in [5.74, 6) is 1.28. The van der Waals surface area contributed by atoms with Crippen LogP contribution in [0.3, 0.4) is 0 Å². The molecule has 0 aromatic heterocycles. The van der Waals surface area contributed by atoms with Gasteiger partial charge in [-0.3, -0.25) is 4.99 Å². The van der Waals surface area contributed by atoms with Gasteiger partial charge in [0.15, 0.2) is 0 Å². The van der Waals surface area contributed by atoms with Gasteiger partial charge in [0.05, 0.1) is 0 Å². The molecule has 2 atom stereocenters. The van der Waals surface area contributed by atoms with Crippen LogP contribution in [0, 0.1) is 5.92 Å². The van der Waals surface area contributed by atoms with Gasteiger partial charge in [0.2, 0.25) is 0 Å². The van der Waals surface area contributed by atoms with Gasteiger partial charge in [-0.1, -0.05) is 37.3 Å². The summed E-state index contributed by atoms with van der Waals surface area (Å²) in [6, 6.07) is 10.7. The molecule has 0 N–H and O–H groups in total. The molecule has 2 rings (SSSR count). The van der Waals surface area contributed by atoms with Crippen molar-refractivity contribution < 1.29 is 0 Å². The van der Waals surface area contributed by atoms with Gasteiger partial charge in [-0.2, -0.15) is 0 Å². The minimum Gasteiger partial charge on any atom is -0.294 e. The summed E-state index contributed by atoms with van der Waals surface area (Å²) in [6.45, 7) is 5.50. The lowest BCUT2D eigenvalue weighted by atomic mass is 9.80. The molecule has 0 saturated carbocycles. The van der Waals surface area contributed by atoms with Gasteiger partial charge < -0.3 is 0 Å². The fraction of sp³-hybridized carbons (Fsp3) is 0.462. The fourth-order valence-electron chi connectivity index (χ4n) is 2.35. The average molecular weight is 187 g/mol. The summed E-state index contributed by atoms with van der Waals surface area (Å²) in [7, 11) is 0. The van der Waals surface area contributed by atoms with Crippen LogP contribution < -0.4 is 0 Å². The number of rotatable bonds is 1. The second-order valence-corrected chi connectivity index (χ2v) is 4.18. The van der Waals surface area contributed by atoms with Crippen molar-refractivity contribution in [2.75, 3.05) is 6.54 Å². The Balaban J connectivity index is 2.32. The maximum absolute atomic E-state index is 4.55. The van der Waals surface area contributed by atoms with Crippen molar-refractivity contribution in [3.05, 3.63) is 35.9 Å². The van der Waals surface area contributed by atoms with Gasteiger partial charge in [-0.15, -0.1) is 0 Å². The molecular formula is C13H17N. The minimum atomic E-state index is 0.546. The van der Waals surface area contributed by atoms with Gasteiger partial charge in [-0.25, -0.2) is 0 Å². The van der Waals surface area contributed by atoms with E-state index in [1.54, 1.807) is 0 Å². The van der Waals surface area contributed by atoms with Crippen LogP contribution in [0.1, 0.15) is 31.7 Å². The molecule has 14 heavy (non-hydrogen) atoms. The second-order valence-electron chi connectivity index (χ2n) is 4.18. The quantitative estimate of drug-likeness (QED) is 0.640. The molecule has 0 radical (unpaired) electrons. The molecule has 0 aliphatic carbocycles. The zero-order chi connectivity index (χ0) is 9.97. The summed E-state index contributed by atoms with van der Waals surface area (Å²) in [4.78, 5) is 4.55. The van der Waals surface area contributed by atoms with Crippen molar-refractivity contribution in [3.8, 4) is 0 Å². The molecule has 1 aliphatic heterocycles. The Morgan fingerprint density at radius 3 is 2.57 bits per heavy atom. The Morgan fingerprint density at radius 2 is 1.93 bits per heavy atom. The first kappa shape index (κ1) is 9.45. The Labute approximate surface area is 85.9 Å². The molecular weight excluding hydrogens is 170 g/mol.